The summed E-state index contributed by atoms with van der Waals surface area (Å²) >= 11 is 0. The van der Waals surface area contributed by atoms with E-state index in [0.29, 0.717) is 19.5 Å². The van der Waals surface area contributed by atoms with Gasteiger partial charge in [0, 0.05) is 6.54 Å². The van der Waals surface area contributed by atoms with Crippen LogP contribution >= 0.6 is 0 Å². The maximum absolute atomic E-state index is 11.3. The predicted molar refractivity (Wildman–Crippen MR) is 71.9 cm³/mol. The zero-order valence-corrected chi connectivity index (χ0v) is 11.3. The van der Waals surface area contributed by atoms with Crippen LogP contribution in [0.25, 0.3) is 0 Å². The van der Waals surface area contributed by atoms with Crippen molar-refractivity contribution in [2.24, 2.45) is 5.92 Å². The fourth-order valence-electron chi connectivity index (χ4n) is 2.33. The Labute approximate surface area is 112 Å². The van der Waals surface area contributed by atoms with Gasteiger partial charge in [0.05, 0.1) is 17.1 Å². The third-order valence-electron chi connectivity index (χ3n) is 3.32. The lowest BCUT2D eigenvalue weighted by molar-refractivity contribution is 0.0695. The molecule has 104 valence electrons. The molecule has 1 fully saturated rings. The van der Waals surface area contributed by atoms with E-state index in [9.17, 15) is 13.2 Å². The third kappa shape index (κ3) is 3.78. The molecule has 1 aliphatic rings. The van der Waals surface area contributed by atoms with Gasteiger partial charge in [-0.3, -0.25) is 0 Å². The van der Waals surface area contributed by atoms with Gasteiger partial charge in [0.15, 0.2) is 9.84 Å². The summed E-state index contributed by atoms with van der Waals surface area (Å²) in [5, 5.41) is 12.2. The van der Waals surface area contributed by atoms with Gasteiger partial charge in [-0.1, -0.05) is 18.2 Å². The summed E-state index contributed by atoms with van der Waals surface area (Å²) in [6, 6.07) is 6.82. The number of hydrogen-bond donors (Lipinski definition) is 2. The zero-order chi connectivity index (χ0) is 13.9. The van der Waals surface area contributed by atoms with Crippen LogP contribution in [0.5, 0.6) is 0 Å². The first-order valence-corrected chi connectivity index (χ1v) is 8.02. The van der Waals surface area contributed by atoms with E-state index in [4.69, 9.17) is 5.11 Å². The molecule has 0 bridgehead atoms. The zero-order valence-electron chi connectivity index (χ0n) is 10.5. The largest absolute Gasteiger partial charge is 0.478 e. The fourth-order valence-corrected chi connectivity index (χ4v) is 4.19. The number of sulfone groups is 1. The van der Waals surface area contributed by atoms with Crippen LogP contribution in [0.2, 0.25) is 0 Å². The monoisotopic (exact) mass is 283 g/mol. The lowest BCUT2D eigenvalue weighted by atomic mass is 10.1. The van der Waals surface area contributed by atoms with Crippen LogP contribution in [-0.2, 0) is 16.4 Å². The molecule has 1 unspecified atom stereocenters. The summed E-state index contributed by atoms with van der Waals surface area (Å²) < 4.78 is 22.6. The van der Waals surface area contributed by atoms with Crippen molar-refractivity contribution < 1.29 is 18.3 Å². The molecule has 1 saturated heterocycles. The lowest BCUT2D eigenvalue weighted by Gasteiger charge is -2.11. The Bertz CT molecular complexity index is 568. The summed E-state index contributed by atoms with van der Waals surface area (Å²) in [5.74, 6) is -0.297. The molecule has 1 aliphatic heterocycles. The fraction of sp³-hybridized carbons (Fsp3) is 0.462. The molecule has 5 nitrogen and oxygen atoms in total. The molecule has 0 radical (unpaired) electrons. The van der Waals surface area contributed by atoms with Crippen molar-refractivity contribution in [3.8, 4) is 0 Å². The van der Waals surface area contributed by atoms with E-state index in [2.05, 4.69) is 5.32 Å². The molecule has 0 amide bonds. The summed E-state index contributed by atoms with van der Waals surface area (Å²) in [6.45, 7) is 1.05. The van der Waals surface area contributed by atoms with Gasteiger partial charge in [-0.05, 0) is 30.5 Å². The molecule has 1 aromatic rings. The van der Waals surface area contributed by atoms with Crippen LogP contribution in [-0.4, -0.2) is 37.5 Å². The number of carboxylic acids is 1. The van der Waals surface area contributed by atoms with Crippen molar-refractivity contribution >= 4 is 15.8 Å². The number of hydrogen-bond acceptors (Lipinski definition) is 4. The Hall–Kier alpha value is -1.40. The van der Waals surface area contributed by atoms with Gasteiger partial charge in [0.2, 0.25) is 0 Å². The Kier molecular flexibility index (Phi) is 4.21. The minimum absolute atomic E-state index is 0.141. The van der Waals surface area contributed by atoms with E-state index in [1.54, 1.807) is 24.3 Å². The number of benzene rings is 1. The quantitative estimate of drug-likeness (QED) is 0.839. The van der Waals surface area contributed by atoms with Gasteiger partial charge < -0.3 is 10.4 Å². The van der Waals surface area contributed by atoms with Crippen LogP contribution in [0.4, 0.5) is 0 Å². The molecule has 0 saturated carbocycles. The number of carbonyl (C=O) groups is 1. The van der Waals surface area contributed by atoms with Crippen LogP contribution in [0.1, 0.15) is 22.3 Å². The Morgan fingerprint density at radius 3 is 2.74 bits per heavy atom. The first-order valence-electron chi connectivity index (χ1n) is 6.20. The second kappa shape index (κ2) is 5.71. The van der Waals surface area contributed by atoms with Crippen LogP contribution in [0, 0.1) is 5.92 Å². The molecule has 0 aliphatic carbocycles. The molecule has 2 rings (SSSR count). The molecule has 0 aromatic heterocycles. The normalized spacial score (nSPS) is 21.4. The highest BCUT2D eigenvalue weighted by molar-refractivity contribution is 7.91. The van der Waals surface area contributed by atoms with E-state index < -0.39 is 15.8 Å². The lowest BCUT2D eigenvalue weighted by Crippen LogP contribution is -2.24. The molecule has 1 atom stereocenters. The first kappa shape index (κ1) is 14.0. The van der Waals surface area contributed by atoms with E-state index in [1.165, 1.54) is 0 Å². The smallest absolute Gasteiger partial charge is 0.336 e. The van der Waals surface area contributed by atoms with E-state index in [-0.39, 0.29) is 23.0 Å². The summed E-state index contributed by atoms with van der Waals surface area (Å²) in [4.78, 5) is 11.0. The van der Waals surface area contributed by atoms with Gasteiger partial charge in [0.1, 0.15) is 0 Å². The van der Waals surface area contributed by atoms with Gasteiger partial charge in [0.25, 0.3) is 0 Å². The second-order valence-electron chi connectivity index (χ2n) is 4.86. The van der Waals surface area contributed by atoms with E-state index >= 15 is 0 Å². The maximum Gasteiger partial charge on any atom is 0.336 e. The Morgan fingerprint density at radius 1 is 1.37 bits per heavy atom. The highest BCUT2D eigenvalue weighted by Gasteiger charge is 2.27. The SMILES string of the molecule is O=C(O)c1ccccc1CNCC1CCS(=O)(=O)C1. The van der Waals surface area contributed by atoms with Crippen molar-refractivity contribution in [3.05, 3.63) is 35.4 Å². The molecule has 6 heteroatoms. The van der Waals surface area contributed by atoms with Gasteiger partial charge in [-0.25, -0.2) is 13.2 Å². The Balaban J connectivity index is 1.88. The number of rotatable bonds is 5. The minimum atomic E-state index is -2.85. The first-order chi connectivity index (χ1) is 8.98. The average Bonchev–Trinajstić information content (AvgIpc) is 2.69. The van der Waals surface area contributed by atoms with E-state index in [1.807, 2.05) is 0 Å². The summed E-state index contributed by atoms with van der Waals surface area (Å²) in [7, 11) is -2.85. The Morgan fingerprint density at radius 2 is 2.11 bits per heavy atom. The van der Waals surface area contributed by atoms with Crippen molar-refractivity contribution in [2.45, 2.75) is 13.0 Å². The molecular formula is C13H17NO4S. The van der Waals surface area contributed by atoms with E-state index in [0.717, 1.165) is 5.56 Å². The minimum Gasteiger partial charge on any atom is -0.478 e. The van der Waals surface area contributed by atoms with Crippen molar-refractivity contribution in [1.82, 2.24) is 5.32 Å². The molecule has 1 aromatic carbocycles. The third-order valence-corrected chi connectivity index (χ3v) is 5.16. The van der Waals surface area contributed by atoms with Gasteiger partial charge >= 0.3 is 5.97 Å². The van der Waals surface area contributed by atoms with Gasteiger partial charge in [-0.2, -0.15) is 0 Å². The van der Waals surface area contributed by atoms with Crippen LogP contribution < -0.4 is 5.32 Å². The number of carboxylic acid groups (broad SMARTS) is 1. The number of aromatic carboxylic acids is 1. The number of nitrogens with one attached hydrogen (secondary N) is 1. The molecule has 2 N–H and O–H groups in total. The summed E-state index contributed by atoms with van der Waals surface area (Å²) in [5.41, 5.74) is 1.00. The topological polar surface area (TPSA) is 83.5 Å². The van der Waals surface area contributed by atoms with Crippen molar-refractivity contribution in [2.75, 3.05) is 18.1 Å². The van der Waals surface area contributed by atoms with Crippen molar-refractivity contribution in [1.29, 1.82) is 0 Å². The average molecular weight is 283 g/mol. The highest BCUT2D eigenvalue weighted by atomic mass is 32.2. The second-order valence-corrected chi connectivity index (χ2v) is 7.09. The van der Waals surface area contributed by atoms with Crippen LogP contribution in [0.15, 0.2) is 24.3 Å². The molecule has 19 heavy (non-hydrogen) atoms. The summed E-state index contributed by atoms with van der Waals surface area (Å²) in [6.07, 6.45) is 0.690. The van der Waals surface area contributed by atoms with Gasteiger partial charge in [-0.15, -0.1) is 0 Å². The van der Waals surface area contributed by atoms with Crippen molar-refractivity contribution in [3.63, 3.8) is 0 Å². The highest BCUT2D eigenvalue weighted by Crippen LogP contribution is 2.17. The predicted octanol–water partition coefficient (Wildman–Crippen LogP) is 0.909. The standard InChI is InChI=1S/C13H17NO4S/c15-13(16)12-4-2-1-3-11(12)8-14-7-10-5-6-19(17,18)9-10/h1-4,10,14H,5-9H2,(H,15,16). The van der Waals surface area contributed by atoms with Crippen LogP contribution in [0.3, 0.4) is 0 Å². The molecule has 1 heterocycles. The maximum atomic E-state index is 11.3. The molecule has 0 spiro atoms. The molecular weight excluding hydrogens is 266 g/mol.